The average molecular weight is 412 g/mol. The number of ether oxygens (including phenoxy) is 1. The van der Waals surface area contributed by atoms with Crippen LogP contribution in [0.5, 0.6) is 5.75 Å². The van der Waals surface area contributed by atoms with Crippen LogP contribution in [-0.2, 0) is 21.2 Å². The second-order valence-electron chi connectivity index (χ2n) is 6.44. The SMILES string of the molecule is CCOc1ccc(NC(=O)Cc2csc(C(C)C)n2)cc1S(=O)(=O)N(C)C. The minimum absolute atomic E-state index is 0.0166. The summed E-state index contributed by atoms with van der Waals surface area (Å²) in [5.74, 6) is 0.315. The highest BCUT2D eigenvalue weighted by atomic mass is 32.2. The molecule has 0 saturated heterocycles. The van der Waals surface area contributed by atoms with E-state index < -0.39 is 10.0 Å². The molecule has 1 aromatic heterocycles. The van der Waals surface area contributed by atoms with Gasteiger partial charge in [-0.15, -0.1) is 11.3 Å². The van der Waals surface area contributed by atoms with Crippen LogP contribution in [0.4, 0.5) is 5.69 Å². The van der Waals surface area contributed by atoms with Crippen molar-refractivity contribution in [2.24, 2.45) is 0 Å². The zero-order valence-corrected chi connectivity index (χ0v) is 17.8. The van der Waals surface area contributed by atoms with Gasteiger partial charge in [0.15, 0.2) is 0 Å². The Morgan fingerprint density at radius 1 is 1.33 bits per heavy atom. The Morgan fingerprint density at radius 2 is 2.04 bits per heavy atom. The van der Waals surface area contributed by atoms with Gasteiger partial charge in [0, 0.05) is 31.1 Å². The minimum atomic E-state index is -3.71. The third-order valence-corrected chi connectivity index (χ3v) is 6.72. The Bertz CT molecular complexity index is 905. The van der Waals surface area contributed by atoms with Crippen LogP contribution in [-0.4, -0.2) is 44.3 Å². The quantitative estimate of drug-likeness (QED) is 0.721. The molecule has 0 aliphatic carbocycles. The van der Waals surface area contributed by atoms with E-state index in [-0.39, 0.29) is 23.0 Å². The van der Waals surface area contributed by atoms with E-state index in [0.717, 1.165) is 9.31 Å². The van der Waals surface area contributed by atoms with Gasteiger partial charge in [-0.25, -0.2) is 17.7 Å². The van der Waals surface area contributed by atoms with Crippen molar-refractivity contribution in [1.29, 1.82) is 0 Å². The van der Waals surface area contributed by atoms with Crippen molar-refractivity contribution in [2.45, 2.75) is 38.0 Å². The molecule has 1 N–H and O–H groups in total. The highest BCUT2D eigenvalue weighted by Gasteiger charge is 2.23. The summed E-state index contributed by atoms with van der Waals surface area (Å²) in [7, 11) is -0.808. The normalized spacial score (nSPS) is 11.8. The molecule has 0 saturated carbocycles. The molecule has 9 heteroatoms. The predicted molar refractivity (Wildman–Crippen MR) is 107 cm³/mol. The lowest BCUT2D eigenvalue weighted by atomic mass is 10.2. The number of benzene rings is 1. The zero-order valence-electron chi connectivity index (χ0n) is 16.1. The number of sulfonamides is 1. The van der Waals surface area contributed by atoms with E-state index in [0.29, 0.717) is 23.9 Å². The topological polar surface area (TPSA) is 88.6 Å². The molecular formula is C18H25N3O4S2. The van der Waals surface area contributed by atoms with Crippen molar-refractivity contribution < 1.29 is 17.9 Å². The van der Waals surface area contributed by atoms with Gasteiger partial charge in [0.05, 0.1) is 23.7 Å². The highest BCUT2D eigenvalue weighted by molar-refractivity contribution is 7.89. The number of hydrogen-bond acceptors (Lipinski definition) is 6. The van der Waals surface area contributed by atoms with E-state index >= 15 is 0 Å². The summed E-state index contributed by atoms with van der Waals surface area (Å²) in [4.78, 5) is 16.8. The van der Waals surface area contributed by atoms with Gasteiger partial charge >= 0.3 is 0 Å². The largest absolute Gasteiger partial charge is 0.492 e. The third-order valence-electron chi connectivity index (χ3n) is 3.69. The minimum Gasteiger partial charge on any atom is -0.492 e. The molecule has 2 rings (SSSR count). The number of amides is 1. The Labute approximate surface area is 164 Å². The fraction of sp³-hybridized carbons (Fsp3) is 0.444. The Kier molecular flexibility index (Phi) is 6.96. The van der Waals surface area contributed by atoms with E-state index in [9.17, 15) is 13.2 Å². The molecule has 0 radical (unpaired) electrons. The van der Waals surface area contributed by atoms with Crippen LogP contribution < -0.4 is 10.1 Å². The lowest BCUT2D eigenvalue weighted by Crippen LogP contribution is -2.23. The number of carbonyl (C=O) groups excluding carboxylic acids is 1. The fourth-order valence-corrected chi connectivity index (χ4v) is 4.18. The molecule has 148 valence electrons. The van der Waals surface area contributed by atoms with Gasteiger partial charge in [0.2, 0.25) is 15.9 Å². The molecule has 0 bridgehead atoms. The number of anilines is 1. The Balaban J connectivity index is 2.21. The second-order valence-corrected chi connectivity index (χ2v) is 9.45. The molecule has 0 spiro atoms. The van der Waals surface area contributed by atoms with Crippen LogP contribution in [0, 0.1) is 0 Å². The lowest BCUT2D eigenvalue weighted by Gasteiger charge is -2.16. The molecule has 1 heterocycles. The molecule has 0 unspecified atom stereocenters. The van der Waals surface area contributed by atoms with Crippen LogP contribution in [0.1, 0.15) is 37.4 Å². The molecule has 1 amide bonds. The van der Waals surface area contributed by atoms with Crippen molar-refractivity contribution in [1.82, 2.24) is 9.29 Å². The number of rotatable bonds is 8. The van der Waals surface area contributed by atoms with Crippen molar-refractivity contribution in [3.8, 4) is 5.75 Å². The second kappa shape index (κ2) is 8.81. The number of hydrogen-bond donors (Lipinski definition) is 1. The Hall–Kier alpha value is -1.97. The van der Waals surface area contributed by atoms with Crippen molar-refractivity contribution in [3.05, 3.63) is 34.3 Å². The van der Waals surface area contributed by atoms with Gasteiger partial charge in [-0.3, -0.25) is 4.79 Å². The van der Waals surface area contributed by atoms with Crippen LogP contribution in [0.25, 0.3) is 0 Å². The molecule has 0 aliphatic rings. The maximum Gasteiger partial charge on any atom is 0.246 e. The third kappa shape index (κ3) is 5.27. The number of aromatic nitrogens is 1. The highest BCUT2D eigenvalue weighted by Crippen LogP contribution is 2.29. The summed E-state index contributed by atoms with van der Waals surface area (Å²) in [5, 5.41) is 5.59. The summed E-state index contributed by atoms with van der Waals surface area (Å²) in [6.45, 7) is 6.22. The van der Waals surface area contributed by atoms with E-state index in [1.807, 2.05) is 5.38 Å². The first-order chi connectivity index (χ1) is 12.6. The monoisotopic (exact) mass is 411 g/mol. The summed E-state index contributed by atoms with van der Waals surface area (Å²) >= 11 is 1.53. The van der Waals surface area contributed by atoms with Crippen molar-refractivity contribution >= 4 is 33.0 Å². The molecule has 0 atom stereocenters. The van der Waals surface area contributed by atoms with Gasteiger partial charge in [0.1, 0.15) is 10.6 Å². The van der Waals surface area contributed by atoms with Gasteiger partial charge in [0.25, 0.3) is 0 Å². The zero-order chi connectivity index (χ0) is 20.2. The van der Waals surface area contributed by atoms with Gasteiger partial charge in [-0.1, -0.05) is 13.8 Å². The lowest BCUT2D eigenvalue weighted by molar-refractivity contribution is -0.115. The van der Waals surface area contributed by atoms with Crippen molar-refractivity contribution in [2.75, 3.05) is 26.0 Å². The first-order valence-electron chi connectivity index (χ1n) is 8.58. The number of carbonyl (C=O) groups is 1. The van der Waals surface area contributed by atoms with Gasteiger partial charge in [-0.2, -0.15) is 0 Å². The maximum atomic E-state index is 12.5. The summed E-state index contributed by atoms with van der Waals surface area (Å²) in [6.07, 6.45) is 0.131. The molecule has 1 aromatic carbocycles. The standard InChI is InChI=1S/C18H25N3O4S2/c1-6-25-15-8-7-13(9-16(15)27(23,24)21(4)5)19-17(22)10-14-11-26-18(20-14)12(2)3/h7-9,11-12H,6,10H2,1-5H3,(H,19,22). The summed E-state index contributed by atoms with van der Waals surface area (Å²) < 4.78 is 31.6. The molecule has 2 aromatic rings. The van der Waals surface area contributed by atoms with Crippen molar-refractivity contribution in [3.63, 3.8) is 0 Å². The van der Waals surface area contributed by atoms with E-state index in [4.69, 9.17) is 4.74 Å². The number of thiazole rings is 1. The van der Waals surface area contributed by atoms with Crippen LogP contribution >= 0.6 is 11.3 Å². The summed E-state index contributed by atoms with van der Waals surface area (Å²) in [6, 6.07) is 4.59. The molecule has 0 aliphatic heterocycles. The van der Waals surface area contributed by atoms with Crippen LogP contribution in [0.3, 0.4) is 0 Å². The molecule has 7 nitrogen and oxygen atoms in total. The van der Waals surface area contributed by atoms with E-state index in [2.05, 4.69) is 24.1 Å². The fourth-order valence-electron chi connectivity index (χ4n) is 2.30. The predicted octanol–water partition coefficient (Wildman–Crippen LogP) is 3.10. The summed E-state index contributed by atoms with van der Waals surface area (Å²) in [5.41, 5.74) is 1.09. The Morgan fingerprint density at radius 3 is 2.59 bits per heavy atom. The number of nitrogens with zero attached hydrogens (tertiary/aromatic N) is 2. The smallest absolute Gasteiger partial charge is 0.246 e. The van der Waals surface area contributed by atoms with Gasteiger partial charge < -0.3 is 10.1 Å². The molecule has 27 heavy (non-hydrogen) atoms. The number of nitrogens with one attached hydrogen (secondary N) is 1. The first-order valence-corrected chi connectivity index (χ1v) is 10.9. The van der Waals surface area contributed by atoms with Gasteiger partial charge in [-0.05, 0) is 25.1 Å². The molecule has 0 fully saturated rings. The van der Waals surface area contributed by atoms with Crippen LogP contribution in [0.2, 0.25) is 0 Å². The average Bonchev–Trinajstić information content (AvgIpc) is 3.04. The van der Waals surface area contributed by atoms with E-state index in [1.165, 1.54) is 31.5 Å². The van der Waals surface area contributed by atoms with E-state index in [1.54, 1.807) is 19.1 Å². The first kappa shape index (κ1) is 21.3. The maximum absolute atomic E-state index is 12.5. The molecular weight excluding hydrogens is 386 g/mol. The van der Waals surface area contributed by atoms with Crippen LogP contribution in [0.15, 0.2) is 28.5 Å².